The highest BCUT2D eigenvalue weighted by atomic mass is 14.5. The third kappa shape index (κ3) is 11.7. The van der Waals surface area contributed by atoms with Crippen molar-refractivity contribution in [2.24, 2.45) is 29.1 Å². The summed E-state index contributed by atoms with van der Waals surface area (Å²) in [6, 6.07) is 0. The van der Waals surface area contributed by atoms with Crippen LogP contribution in [-0.4, -0.2) is 0 Å². The molecule has 0 N–H and O–H groups in total. The number of allylic oxidation sites excluding steroid dienone is 5. The Bertz CT molecular complexity index is 604. The largest absolute Gasteiger partial charge is 0.106 e. The zero-order valence-corrected chi connectivity index (χ0v) is 22.8. The molecular weight excluding hydrogens is 420 g/mol. The SMILES string of the molecule is C.C.C.C=C.C=C1CC(C)CC/C1=C\C=C1/CCCC2(C)C(CCCCC(C)C)CCC12.CCC. The molecule has 0 radical (unpaired) electrons. The van der Waals surface area contributed by atoms with Gasteiger partial charge in [-0.3, -0.25) is 0 Å². The van der Waals surface area contributed by atoms with E-state index in [4.69, 9.17) is 0 Å². The topological polar surface area (TPSA) is 0 Å². The van der Waals surface area contributed by atoms with E-state index in [1.165, 1.54) is 94.6 Å². The number of unbranched alkanes of at least 4 members (excludes halogenated alkanes) is 1. The van der Waals surface area contributed by atoms with Crippen molar-refractivity contribution in [2.75, 3.05) is 0 Å². The van der Waals surface area contributed by atoms with E-state index in [2.05, 4.69) is 73.4 Å². The monoisotopic (exact) mass is 489 g/mol. The van der Waals surface area contributed by atoms with E-state index in [0.29, 0.717) is 5.41 Å². The summed E-state index contributed by atoms with van der Waals surface area (Å²) >= 11 is 0. The molecule has 3 aliphatic rings. The molecule has 3 saturated carbocycles. The molecule has 0 heteroatoms. The van der Waals surface area contributed by atoms with Crippen LogP contribution in [0, 0.1) is 29.1 Å². The summed E-state index contributed by atoms with van der Waals surface area (Å²) in [5.41, 5.74) is 5.29. The highest BCUT2D eigenvalue weighted by molar-refractivity contribution is 5.35. The second kappa shape index (κ2) is 20.1. The first-order valence-electron chi connectivity index (χ1n) is 13.9. The van der Waals surface area contributed by atoms with Crippen LogP contribution >= 0.6 is 0 Å². The van der Waals surface area contributed by atoms with Crippen molar-refractivity contribution >= 4 is 0 Å². The first kappa shape index (κ1) is 38.5. The molecular formula is C35H68. The Morgan fingerprint density at radius 3 is 2.17 bits per heavy atom. The highest BCUT2D eigenvalue weighted by Gasteiger charge is 2.48. The predicted molar refractivity (Wildman–Crippen MR) is 167 cm³/mol. The fourth-order valence-electron chi connectivity index (χ4n) is 6.40. The molecule has 0 amide bonds. The minimum Gasteiger partial charge on any atom is -0.106 e. The van der Waals surface area contributed by atoms with Crippen LogP contribution < -0.4 is 0 Å². The summed E-state index contributed by atoms with van der Waals surface area (Å²) in [4.78, 5) is 0. The Balaban J connectivity index is -0.00000119. The van der Waals surface area contributed by atoms with Gasteiger partial charge < -0.3 is 0 Å². The molecule has 0 aliphatic heterocycles. The minimum absolute atomic E-state index is 0. The van der Waals surface area contributed by atoms with Gasteiger partial charge in [0.2, 0.25) is 0 Å². The Hall–Kier alpha value is -1.04. The van der Waals surface area contributed by atoms with Crippen molar-refractivity contribution in [3.8, 4) is 0 Å². The van der Waals surface area contributed by atoms with Gasteiger partial charge in [0, 0.05) is 0 Å². The minimum atomic E-state index is 0. The van der Waals surface area contributed by atoms with Crippen molar-refractivity contribution in [3.05, 3.63) is 48.6 Å². The third-order valence-electron chi connectivity index (χ3n) is 8.20. The maximum Gasteiger partial charge on any atom is -0.0143 e. The average molecular weight is 489 g/mol. The molecule has 0 aromatic heterocycles. The Morgan fingerprint density at radius 1 is 0.971 bits per heavy atom. The third-order valence-corrected chi connectivity index (χ3v) is 8.20. The van der Waals surface area contributed by atoms with Gasteiger partial charge >= 0.3 is 0 Å². The standard InChI is InChI=1S/C27H44.C3H8.C2H4.3CH4/c1-20(2)9-6-7-11-25-16-17-26-24(10-8-18-27(25,26)5)15-14-23-13-12-21(3)19-22(23)4;1-3-2;1-2;;;/h14-15,20-21,25-26H,4,6-13,16-19H2,1-3,5H3;3H2,1-2H3;1-2H2;3*1H4/b23-14+,24-15+;;;;;. The van der Waals surface area contributed by atoms with Gasteiger partial charge in [-0.25, -0.2) is 0 Å². The van der Waals surface area contributed by atoms with E-state index in [9.17, 15) is 0 Å². The van der Waals surface area contributed by atoms with Crippen LogP contribution in [-0.2, 0) is 0 Å². The second-order valence-corrected chi connectivity index (χ2v) is 11.5. The molecule has 4 unspecified atom stereocenters. The molecule has 208 valence electrons. The second-order valence-electron chi connectivity index (χ2n) is 11.5. The summed E-state index contributed by atoms with van der Waals surface area (Å²) in [5.74, 6) is 3.52. The number of fused-ring (bicyclic) bond motifs is 1. The summed E-state index contributed by atoms with van der Waals surface area (Å²) in [6.07, 6.45) is 22.9. The first-order chi connectivity index (χ1) is 15.3. The van der Waals surface area contributed by atoms with E-state index in [-0.39, 0.29) is 22.3 Å². The molecule has 3 rings (SSSR count). The Kier molecular flexibility index (Phi) is 22.1. The van der Waals surface area contributed by atoms with Crippen LogP contribution in [0.25, 0.3) is 0 Å². The molecule has 3 aliphatic carbocycles. The molecule has 3 fully saturated rings. The molecule has 0 spiro atoms. The van der Waals surface area contributed by atoms with Gasteiger partial charge in [0.25, 0.3) is 0 Å². The molecule has 0 bridgehead atoms. The lowest BCUT2D eigenvalue weighted by Crippen LogP contribution is -2.33. The van der Waals surface area contributed by atoms with Crippen LogP contribution in [0.15, 0.2) is 48.6 Å². The van der Waals surface area contributed by atoms with E-state index < -0.39 is 0 Å². The van der Waals surface area contributed by atoms with Gasteiger partial charge in [-0.05, 0) is 92.4 Å². The van der Waals surface area contributed by atoms with E-state index >= 15 is 0 Å². The number of hydrogen-bond acceptors (Lipinski definition) is 0. The normalized spacial score (nSPS) is 29.5. The van der Waals surface area contributed by atoms with Crippen molar-refractivity contribution < 1.29 is 0 Å². The lowest BCUT2D eigenvalue weighted by Gasteiger charge is -2.42. The van der Waals surface area contributed by atoms with Crippen LogP contribution in [0.5, 0.6) is 0 Å². The smallest absolute Gasteiger partial charge is 0.0143 e. The maximum atomic E-state index is 4.36. The predicted octanol–water partition coefficient (Wildman–Crippen LogP) is 12.8. The van der Waals surface area contributed by atoms with Gasteiger partial charge in [-0.1, -0.05) is 119 Å². The highest BCUT2D eigenvalue weighted by Crippen LogP contribution is 2.58. The van der Waals surface area contributed by atoms with Gasteiger partial charge in [-0.2, -0.15) is 0 Å². The summed E-state index contributed by atoms with van der Waals surface area (Å²) in [7, 11) is 0. The first-order valence-corrected chi connectivity index (χ1v) is 13.9. The van der Waals surface area contributed by atoms with E-state index in [1.807, 2.05) is 0 Å². The molecule has 35 heavy (non-hydrogen) atoms. The van der Waals surface area contributed by atoms with E-state index in [0.717, 1.165) is 23.7 Å². The van der Waals surface area contributed by atoms with Crippen molar-refractivity contribution in [2.45, 2.75) is 147 Å². The summed E-state index contributed by atoms with van der Waals surface area (Å²) < 4.78 is 0. The van der Waals surface area contributed by atoms with Crippen LogP contribution in [0.1, 0.15) is 147 Å². The fraction of sp³-hybridized carbons (Fsp3) is 0.771. The van der Waals surface area contributed by atoms with Gasteiger partial charge in [-0.15, -0.1) is 13.2 Å². The zero-order valence-electron chi connectivity index (χ0n) is 22.8. The molecule has 0 aromatic rings. The molecule has 4 atom stereocenters. The lowest BCUT2D eigenvalue weighted by molar-refractivity contribution is 0.127. The van der Waals surface area contributed by atoms with Gasteiger partial charge in [0.1, 0.15) is 0 Å². The quantitative estimate of drug-likeness (QED) is 0.257. The van der Waals surface area contributed by atoms with Crippen molar-refractivity contribution in [1.82, 2.24) is 0 Å². The molecule has 0 nitrogen and oxygen atoms in total. The number of rotatable bonds is 6. The number of hydrogen-bond donors (Lipinski definition) is 0. The fourth-order valence-corrected chi connectivity index (χ4v) is 6.40. The molecule has 0 saturated heterocycles. The van der Waals surface area contributed by atoms with Crippen molar-refractivity contribution in [1.29, 1.82) is 0 Å². The lowest BCUT2D eigenvalue weighted by atomic mass is 9.62. The van der Waals surface area contributed by atoms with E-state index in [1.54, 1.807) is 5.57 Å². The van der Waals surface area contributed by atoms with Crippen LogP contribution in [0.4, 0.5) is 0 Å². The zero-order chi connectivity index (χ0) is 24.1. The van der Waals surface area contributed by atoms with Gasteiger partial charge in [0.05, 0.1) is 0 Å². The molecule has 0 heterocycles. The average Bonchev–Trinajstić information content (AvgIpc) is 3.09. The maximum absolute atomic E-state index is 4.36. The van der Waals surface area contributed by atoms with Crippen molar-refractivity contribution in [3.63, 3.8) is 0 Å². The summed E-state index contributed by atoms with van der Waals surface area (Å²) in [5, 5.41) is 0. The Morgan fingerprint density at radius 2 is 1.60 bits per heavy atom. The molecule has 0 aromatic carbocycles. The Labute approximate surface area is 224 Å². The van der Waals surface area contributed by atoms with Gasteiger partial charge in [0.15, 0.2) is 0 Å². The van der Waals surface area contributed by atoms with Crippen LogP contribution in [0.3, 0.4) is 0 Å². The summed E-state index contributed by atoms with van der Waals surface area (Å²) in [6.45, 7) is 24.3. The van der Waals surface area contributed by atoms with Crippen LogP contribution in [0.2, 0.25) is 0 Å².